The fraction of sp³-hybridized carbons (Fsp3) is 0. The molecule has 3 N–H and O–H groups in total. The van der Waals surface area contributed by atoms with Gasteiger partial charge in [-0.3, -0.25) is 9.97 Å². The third-order valence-electron chi connectivity index (χ3n) is 0.442. The van der Waals surface area contributed by atoms with Gasteiger partial charge in [-0.15, -0.1) is 0 Å². The van der Waals surface area contributed by atoms with Crippen molar-refractivity contribution in [3.05, 3.63) is 18.7 Å². The molecule has 36 valence electrons. The van der Waals surface area contributed by atoms with E-state index >= 15 is 0 Å². The van der Waals surface area contributed by atoms with Gasteiger partial charge in [0.2, 0.25) is 6.33 Å². The van der Waals surface area contributed by atoms with Gasteiger partial charge in [0.15, 0.2) is 0 Å². The maximum atomic E-state index is 2.81. The summed E-state index contributed by atoms with van der Waals surface area (Å²) in [4.78, 5) is 5.61. The number of aromatic amines is 2. The largest absolute Gasteiger partial charge is 0.870 e. The number of imidazole rings is 1. The fourth-order valence-electron chi connectivity index (χ4n) is 0.241. The number of hydrogen-bond acceptors (Lipinski definition) is 1. The number of nitrogens with one attached hydrogen (secondary N) is 2. The van der Waals surface area contributed by atoms with Gasteiger partial charge in [0.25, 0.3) is 0 Å². The zero-order valence-electron chi connectivity index (χ0n) is 3.89. The first-order chi connectivity index (χ1) is 2.50. The van der Waals surface area contributed by atoms with E-state index in [0.717, 1.165) is 0 Å². The number of aromatic nitrogens is 2. The molecule has 3 nitrogen and oxygen atoms in total. The summed E-state index contributed by atoms with van der Waals surface area (Å²) in [5.74, 6) is 0. The van der Waals surface area contributed by atoms with Crippen molar-refractivity contribution in [2.75, 3.05) is 0 Å². The van der Waals surface area contributed by atoms with Gasteiger partial charge >= 0.3 is 0 Å². The summed E-state index contributed by atoms with van der Waals surface area (Å²) in [6.45, 7) is 0. The maximum absolute atomic E-state index is 2.81. The van der Waals surface area contributed by atoms with Crippen LogP contribution in [0.2, 0.25) is 0 Å². The average molecular weight is 126 g/mol. The summed E-state index contributed by atoms with van der Waals surface area (Å²) in [5, 5.41) is 0. The summed E-state index contributed by atoms with van der Waals surface area (Å²) in [6, 6.07) is 0. The predicted octanol–water partition coefficient (Wildman–Crippen LogP) is -0.729. The molecule has 0 aliphatic heterocycles. The second-order valence-corrected chi connectivity index (χ2v) is 0.811. The normalized spacial score (nSPS) is 5.71. The van der Waals surface area contributed by atoms with E-state index in [1.807, 2.05) is 12.4 Å². The van der Waals surface area contributed by atoms with Crippen molar-refractivity contribution >= 4 is 37.7 Å². The van der Waals surface area contributed by atoms with Crippen molar-refractivity contribution in [1.82, 2.24) is 4.98 Å². The Labute approximate surface area is 71.5 Å². The molecular weight excluding hydrogens is 120 g/mol. The van der Waals surface area contributed by atoms with E-state index < -0.39 is 0 Å². The summed E-state index contributed by atoms with van der Waals surface area (Å²) in [6.07, 6.45) is 5.39. The molecule has 4 heteroatoms. The molecule has 0 aromatic carbocycles. The van der Waals surface area contributed by atoms with E-state index in [1.165, 1.54) is 0 Å². The van der Waals surface area contributed by atoms with Crippen molar-refractivity contribution in [2.24, 2.45) is 0 Å². The van der Waals surface area contributed by atoms with Crippen LogP contribution >= 0.6 is 0 Å². The second kappa shape index (κ2) is 6.43. The van der Waals surface area contributed by atoms with Crippen molar-refractivity contribution in [3.8, 4) is 0 Å². The Morgan fingerprint density at radius 2 is 2.14 bits per heavy atom. The molecule has 1 rings (SSSR count). The Kier molecular flexibility index (Phi) is 9.57. The molecule has 1 aromatic rings. The van der Waals surface area contributed by atoms with Gasteiger partial charge in [-0.1, -0.05) is 0 Å². The third kappa shape index (κ3) is 4.28. The van der Waals surface area contributed by atoms with Crippen LogP contribution in [0.1, 0.15) is 0 Å². The smallest absolute Gasteiger partial charge is 0.239 e. The molecule has 0 bridgehead atoms. The van der Waals surface area contributed by atoms with E-state index in [1.54, 1.807) is 6.33 Å². The van der Waals surface area contributed by atoms with Crippen LogP contribution in [-0.2, 0) is 0 Å². The standard InChI is InChI=1S/C3H4N2.Ca.H2O/c1-2-5-3-4-1;;/h1-3H,(H,4,5);;1H2. The van der Waals surface area contributed by atoms with E-state index in [0.29, 0.717) is 0 Å². The van der Waals surface area contributed by atoms with Crippen LogP contribution in [0.5, 0.6) is 0 Å². The van der Waals surface area contributed by atoms with Crippen LogP contribution in [0, 0.1) is 0 Å². The quantitative estimate of drug-likeness (QED) is 0.458. The van der Waals surface area contributed by atoms with Crippen molar-refractivity contribution in [1.29, 1.82) is 0 Å². The van der Waals surface area contributed by atoms with Crippen LogP contribution in [-0.4, -0.2) is 48.2 Å². The molecule has 0 aliphatic rings. The molecule has 1 aromatic heterocycles. The summed E-state index contributed by atoms with van der Waals surface area (Å²) >= 11 is 0. The first kappa shape index (κ1) is 10.4. The minimum Gasteiger partial charge on any atom is -0.870 e. The Hall–Kier alpha value is 0.430. The van der Waals surface area contributed by atoms with E-state index in [9.17, 15) is 0 Å². The first-order valence-electron chi connectivity index (χ1n) is 1.49. The summed E-state index contributed by atoms with van der Waals surface area (Å²) < 4.78 is 0. The monoisotopic (exact) mass is 126 g/mol. The van der Waals surface area contributed by atoms with Gasteiger partial charge in [0, 0.05) is 37.7 Å². The van der Waals surface area contributed by atoms with Crippen LogP contribution < -0.4 is 4.98 Å². The van der Waals surface area contributed by atoms with E-state index in [-0.39, 0.29) is 43.2 Å². The van der Waals surface area contributed by atoms with Crippen LogP contribution in [0.25, 0.3) is 0 Å². The molecule has 0 aliphatic carbocycles. The summed E-state index contributed by atoms with van der Waals surface area (Å²) in [7, 11) is 0. The molecule has 0 fully saturated rings. The van der Waals surface area contributed by atoms with Gasteiger partial charge in [-0.05, 0) is 0 Å². The Balaban J connectivity index is 0. The third-order valence-corrected chi connectivity index (χ3v) is 0.442. The van der Waals surface area contributed by atoms with Gasteiger partial charge in [0.1, 0.15) is 12.4 Å². The topological polar surface area (TPSA) is 59.9 Å². The molecule has 0 amide bonds. The molecule has 1 heterocycles. The van der Waals surface area contributed by atoms with Gasteiger partial charge in [-0.2, -0.15) is 0 Å². The molecule has 0 atom stereocenters. The Morgan fingerprint density at radius 1 is 1.43 bits per heavy atom. The molecule has 0 saturated carbocycles. The fourth-order valence-corrected chi connectivity index (χ4v) is 0.241. The van der Waals surface area contributed by atoms with Gasteiger partial charge in [0.05, 0.1) is 0 Å². The Bertz CT molecular complexity index is 69.4. The van der Waals surface area contributed by atoms with Crippen LogP contribution in [0.3, 0.4) is 0 Å². The maximum Gasteiger partial charge on any atom is 0.239 e. The predicted molar refractivity (Wildman–Crippen MR) is 25.0 cm³/mol. The zero-order chi connectivity index (χ0) is 3.54. The first-order valence-corrected chi connectivity index (χ1v) is 1.49. The van der Waals surface area contributed by atoms with Crippen molar-refractivity contribution < 1.29 is 10.5 Å². The van der Waals surface area contributed by atoms with Crippen molar-refractivity contribution in [3.63, 3.8) is 0 Å². The van der Waals surface area contributed by atoms with Gasteiger partial charge in [-0.25, -0.2) is 0 Å². The molecule has 0 unspecified atom stereocenters. The Morgan fingerprint density at radius 3 is 2.29 bits per heavy atom. The minimum atomic E-state index is 0. The second-order valence-electron chi connectivity index (χ2n) is 0.811. The molecule has 0 spiro atoms. The van der Waals surface area contributed by atoms with E-state index in [4.69, 9.17) is 0 Å². The number of hydrogen-bond donors (Lipinski definition) is 1. The van der Waals surface area contributed by atoms with Crippen LogP contribution in [0.4, 0.5) is 0 Å². The van der Waals surface area contributed by atoms with Crippen molar-refractivity contribution in [2.45, 2.75) is 0 Å². The SMILES string of the molecule is [Ca].[OH-].c1c[nH+]c[nH]1. The molecule has 7 heavy (non-hydrogen) atoms. The minimum absolute atomic E-state index is 0. The number of H-pyrrole nitrogens is 2. The summed E-state index contributed by atoms with van der Waals surface area (Å²) in [5.41, 5.74) is 0. The molecule has 2 radical (unpaired) electrons. The number of rotatable bonds is 0. The van der Waals surface area contributed by atoms with Crippen LogP contribution in [0.15, 0.2) is 18.7 Å². The van der Waals surface area contributed by atoms with Gasteiger partial charge < -0.3 is 5.48 Å². The zero-order valence-corrected chi connectivity index (χ0v) is 6.09. The van der Waals surface area contributed by atoms with E-state index in [2.05, 4.69) is 9.97 Å². The molecular formula is C3H6CaN2O. The molecule has 0 saturated heterocycles. The average Bonchev–Trinajstić information content (AvgIpc) is 1.76.